The van der Waals surface area contributed by atoms with E-state index in [0.717, 1.165) is 43.5 Å². The lowest BCUT2D eigenvalue weighted by atomic mass is 10.1. The first kappa shape index (κ1) is 13.7. The molecule has 0 aliphatic carbocycles. The lowest BCUT2D eigenvalue weighted by Crippen LogP contribution is -1.92. The molecule has 0 amide bonds. The third-order valence-electron chi connectivity index (χ3n) is 3.04. The van der Waals surface area contributed by atoms with E-state index in [9.17, 15) is 0 Å². The van der Waals surface area contributed by atoms with Crippen LogP contribution in [-0.4, -0.2) is 34.4 Å². The van der Waals surface area contributed by atoms with Crippen LogP contribution in [0.5, 0.6) is 0 Å². The first-order valence-corrected chi connectivity index (χ1v) is 8.14. The van der Waals surface area contributed by atoms with Crippen LogP contribution in [0.3, 0.4) is 0 Å². The number of thiophene rings is 1. The monoisotopic (exact) mass is 305 g/mol. The molecule has 20 heavy (non-hydrogen) atoms. The summed E-state index contributed by atoms with van der Waals surface area (Å²) in [7, 11) is 1.71. The highest BCUT2D eigenvalue weighted by atomic mass is 32.2. The molecule has 0 saturated carbocycles. The Balaban J connectivity index is 2.17. The highest BCUT2D eigenvalue weighted by Crippen LogP contribution is 2.37. The van der Waals surface area contributed by atoms with Crippen molar-refractivity contribution in [2.45, 2.75) is 18.9 Å². The highest BCUT2D eigenvalue weighted by Gasteiger charge is 2.14. The number of hydrogen-bond acceptors (Lipinski definition) is 6. The van der Waals surface area contributed by atoms with E-state index in [1.54, 1.807) is 36.5 Å². The SMILES string of the molecule is COCCSc1ncnc2c1sc1nc(C)cc(C)c12. The third kappa shape index (κ3) is 2.39. The van der Waals surface area contributed by atoms with Crippen LogP contribution < -0.4 is 0 Å². The maximum atomic E-state index is 5.10. The predicted molar refractivity (Wildman–Crippen MR) is 84.8 cm³/mol. The van der Waals surface area contributed by atoms with Crippen LogP contribution in [0.2, 0.25) is 0 Å². The Hall–Kier alpha value is -1.24. The standard InChI is InChI=1S/C14H15N3OS2/c1-8-6-9(2)17-13-10(8)11-12(20-13)14(16-7-15-11)19-5-4-18-3/h6-7H,4-5H2,1-3H3. The summed E-state index contributed by atoms with van der Waals surface area (Å²) in [6, 6.07) is 2.11. The summed E-state index contributed by atoms with van der Waals surface area (Å²) in [5, 5.41) is 2.18. The number of ether oxygens (including phenoxy) is 1. The minimum atomic E-state index is 0.720. The number of fused-ring (bicyclic) bond motifs is 3. The molecule has 0 radical (unpaired) electrons. The fourth-order valence-electron chi connectivity index (χ4n) is 2.21. The third-order valence-corrected chi connectivity index (χ3v) is 5.21. The van der Waals surface area contributed by atoms with Crippen molar-refractivity contribution in [3.8, 4) is 0 Å². The molecule has 0 spiro atoms. The van der Waals surface area contributed by atoms with Crippen molar-refractivity contribution in [2.75, 3.05) is 19.5 Å². The zero-order valence-corrected chi connectivity index (χ0v) is 13.3. The van der Waals surface area contributed by atoms with Crippen LogP contribution in [0.15, 0.2) is 17.4 Å². The van der Waals surface area contributed by atoms with Gasteiger partial charge in [-0.05, 0) is 25.5 Å². The summed E-state index contributed by atoms with van der Waals surface area (Å²) in [6.45, 7) is 4.86. The largest absolute Gasteiger partial charge is 0.384 e. The van der Waals surface area contributed by atoms with Gasteiger partial charge in [-0.2, -0.15) is 0 Å². The van der Waals surface area contributed by atoms with Crippen molar-refractivity contribution in [2.24, 2.45) is 0 Å². The lowest BCUT2D eigenvalue weighted by Gasteiger charge is -2.01. The van der Waals surface area contributed by atoms with E-state index in [2.05, 4.69) is 27.9 Å². The van der Waals surface area contributed by atoms with Gasteiger partial charge in [0.05, 0.1) is 16.8 Å². The first-order chi connectivity index (χ1) is 9.70. The van der Waals surface area contributed by atoms with E-state index in [4.69, 9.17) is 4.74 Å². The Bertz CT molecular complexity index is 770. The molecule has 3 rings (SSSR count). The molecule has 4 nitrogen and oxygen atoms in total. The van der Waals surface area contributed by atoms with E-state index in [0.29, 0.717) is 0 Å². The van der Waals surface area contributed by atoms with E-state index < -0.39 is 0 Å². The first-order valence-electron chi connectivity index (χ1n) is 6.34. The Morgan fingerprint density at radius 1 is 1.30 bits per heavy atom. The molecule has 6 heteroatoms. The van der Waals surface area contributed by atoms with Crippen LogP contribution in [0, 0.1) is 13.8 Å². The van der Waals surface area contributed by atoms with Crippen LogP contribution in [0.25, 0.3) is 20.4 Å². The van der Waals surface area contributed by atoms with Gasteiger partial charge < -0.3 is 4.74 Å². The van der Waals surface area contributed by atoms with Crippen molar-refractivity contribution >= 4 is 43.5 Å². The fraction of sp³-hybridized carbons (Fsp3) is 0.357. The van der Waals surface area contributed by atoms with Gasteiger partial charge in [-0.25, -0.2) is 15.0 Å². The molecular formula is C14H15N3OS2. The molecule has 0 atom stereocenters. The number of aryl methyl sites for hydroxylation is 2. The van der Waals surface area contributed by atoms with Gasteiger partial charge in [0.1, 0.15) is 16.2 Å². The Kier molecular flexibility index (Phi) is 3.87. The van der Waals surface area contributed by atoms with E-state index >= 15 is 0 Å². The van der Waals surface area contributed by atoms with E-state index in [1.807, 2.05) is 6.92 Å². The van der Waals surface area contributed by atoms with Crippen LogP contribution in [-0.2, 0) is 4.74 Å². The predicted octanol–water partition coefficient (Wildman–Crippen LogP) is 3.59. The molecule has 3 heterocycles. The molecule has 0 saturated heterocycles. The van der Waals surface area contributed by atoms with Gasteiger partial charge in [-0.1, -0.05) is 0 Å². The summed E-state index contributed by atoms with van der Waals surface area (Å²) in [5.74, 6) is 0.891. The van der Waals surface area contributed by atoms with Crippen molar-refractivity contribution in [3.63, 3.8) is 0 Å². The Morgan fingerprint density at radius 2 is 2.15 bits per heavy atom. The number of aromatic nitrogens is 3. The molecule has 0 aromatic carbocycles. The van der Waals surface area contributed by atoms with E-state index in [1.165, 1.54) is 5.56 Å². The number of hydrogen-bond donors (Lipinski definition) is 0. The topological polar surface area (TPSA) is 47.9 Å². The van der Waals surface area contributed by atoms with Crippen LogP contribution in [0.4, 0.5) is 0 Å². The van der Waals surface area contributed by atoms with Gasteiger partial charge >= 0.3 is 0 Å². The summed E-state index contributed by atoms with van der Waals surface area (Å²) >= 11 is 3.38. The molecule has 0 aliphatic heterocycles. The van der Waals surface area contributed by atoms with E-state index in [-0.39, 0.29) is 0 Å². The van der Waals surface area contributed by atoms with Gasteiger partial charge in [-0.15, -0.1) is 23.1 Å². The van der Waals surface area contributed by atoms with Gasteiger partial charge in [0.15, 0.2) is 0 Å². The number of thioether (sulfide) groups is 1. The maximum Gasteiger partial charge on any atom is 0.126 e. The molecular weight excluding hydrogens is 290 g/mol. The lowest BCUT2D eigenvalue weighted by molar-refractivity contribution is 0.218. The molecule has 0 bridgehead atoms. The summed E-state index contributed by atoms with van der Waals surface area (Å²) in [5.41, 5.74) is 3.29. The zero-order chi connectivity index (χ0) is 14.1. The van der Waals surface area contributed by atoms with Gasteiger partial charge in [0, 0.05) is 23.9 Å². The van der Waals surface area contributed by atoms with Gasteiger partial charge in [0.25, 0.3) is 0 Å². The number of rotatable bonds is 4. The molecule has 0 aliphatic rings. The molecule has 104 valence electrons. The number of pyridine rings is 1. The zero-order valence-electron chi connectivity index (χ0n) is 11.6. The highest BCUT2D eigenvalue weighted by molar-refractivity contribution is 7.99. The van der Waals surface area contributed by atoms with Gasteiger partial charge in [-0.3, -0.25) is 0 Å². The second-order valence-corrected chi connectivity index (χ2v) is 6.64. The average molecular weight is 305 g/mol. The number of nitrogens with zero attached hydrogens (tertiary/aromatic N) is 3. The maximum absolute atomic E-state index is 5.10. The average Bonchev–Trinajstić information content (AvgIpc) is 2.78. The summed E-state index contributed by atoms with van der Waals surface area (Å²) in [4.78, 5) is 14.5. The van der Waals surface area contributed by atoms with Crippen LogP contribution in [0.1, 0.15) is 11.3 Å². The van der Waals surface area contributed by atoms with Crippen molar-refractivity contribution in [1.29, 1.82) is 0 Å². The quantitative estimate of drug-likeness (QED) is 0.419. The minimum absolute atomic E-state index is 0.720. The molecule has 0 unspecified atom stereocenters. The molecule has 3 aromatic rings. The fourth-order valence-corrected chi connectivity index (χ4v) is 4.44. The van der Waals surface area contributed by atoms with Gasteiger partial charge in [0.2, 0.25) is 0 Å². The van der Waals surface area contributed by atoms with Crippen molar-refractivity contribution < 1.29 is 4.74 Å². The van der Waals surface area contributed by atoms with Crippen molar-refractivity contribution in [1.82, 2.24) is 15.0 Å². The normalized spacial score (nSPS) is 11.6. The smallest absolute Gasteiger partial charge is 0.126 e. The van der Waals surface area contributed by atoms with Crippen molar-refractivity contribution in [3.05, 3.63) is 23.7 Å². The second kappa shape index (κ2) is 5.63. The Labute approximate surface area is 125 Å². The Morgan fingerprint density at radius 3 is 2.95 bits per heavy atom. The second-order valence-electron chi connectivity index (χ2n) is 4.56. The molecule has 0 N–H and O–H groups in total. The summed E-state index contributed by atoms with van der Waals surface area (Å²) < 4.78 is 6.23. The molecule has 3 aromatic heterocycles. The summed E-state index contributed by atoms with van der Waals surface area (Å²) in [6.07, 6.45) is 1.64. The minimum Gasteiger partial charge on any atom is -0.384 e. The van der Waals surface area contributed by atoms with Crippen LogP contribution >= 0.6 is 23.1 Å². The number of methoxy groups -OCH3 is 1. The molecule has 0 fully saturated rings.